The lowest BCUT2D eigenvalue weighted by Crippen LogP contribution is -1.58. The zero-order chi connectivity index (χ0) is 6.95. The van der Waals surface area contributed by atoms with E-state index in [0.717, 1.165) is 0 Å². The molecule has 1 aromatic rings. The van der Waals surface area contributed by atoms with E-state index in [1.165, 1.54) is 0 Å². The average molecular weight is 143 g/mol. The molecule has 0 unspecified atom stereocenters. The molecule has 1 rings (SSSR count). The van der Waals surface area contributed by atoms with Crippen LogP contribution >= 0.6 is 8.69 Å². The van der Waals surface area contributed by atoms with Crippen LogP contribution in [0.1, 0.15) is 0 Å². The molecular formula is C5H6NO2P. The second-order valence-electron chi connectivity index (χ2n) is 1.11. The smallest absolute Gasteiger partial charge is 0.310 e. The minimum absolute atomic E-state index is 0.833. The van der Waals surface area contributed by atoms with Gasteiger partial charge < -0.3 is 4.89 Å². The quantitative estimate of drug-likeness (QED) is 0.556. The highest BCUT2D eigenvalue weighted by Crippen LogP contribution is 1.73. The Morgan fingerprint density at radius 2 is 1.67 bits per heavy atom. The van der Waals surface area contributed by atoms with Gasteiger partial charge in [-0.05, 0) is 12.1 Å². The summed E-state index contributed by atoms with van der Waals surface area (Å²) in [5.74, 6) is 0. The van der Waals surface area contributed by atoms with Gasteiger partial charge in [-0.1, -0.05) is 6.07 Å². The van der Waals surface area contributed by atoms with Crippen molar-refractivity contribution in [3.63, 3.8) is 0 Å². The maximum Gasteiger partial charge on any atom is 0.324 e. The van der Waals surface area contributed by atoms with Crippen LogP contribution < -0.4 is 0 Å². The van der Waals surface area contributed by atoms with Gasteiger partial charge in [0, 0.05) is 12.4 Å². The molecule has 1 N–H and O–H groups in total. The lowest BCUT2D eigenvalue weighted by Gasteiger charge is -1.70. The van der Waals surface area contributed by atoms with Gasteiger partial charge in [-0.3, -0.25) is 4.98 Å². The Bertz CT molecular complexity index is 118. The van der Waals surface area contributed by atoms with Gasteiger partial charge in [0.1, 0.15) is 0 Å². The SMILES string of the molecule is O=PO.c1ccncc1. The van der Waals surface area contributed by atoms with E-state index in [1.807, 2.05) is 18.2 Å². The Kier molecular flexibility index (Phi) is 6.58. The van der Waals surface area contributed by atoms with Crippen LogP contribution in [0.4, 0.5) is 0 Å². The van der Waals surface area contributed by atoms with Gasteiger partial charge in [0.15, 0.2) is 0 Å². The monoisotopic (exact) mass is 143 g/mol. The van der Waals surface area contributed by atoms with Crippen LogP contribution in [0.15, 0.2) is 30.6 Å². The molecule has 1 heterocycles. The van der Waals surface area contributed by atoms with Crippen molar-refractivity contribution in [3.05, 3.63) is 30.6 Å². The lowest BCUT2D eigenvalue weighted by atomic mass is 10.5. The van der Waals surface area contributed by atoms with Crippen LogP contribution in [0.5, 0.6) is 0 Å². The van der Waals surface area contributed by atoms with E-state index in [1.54, 1.807) is 12.4 Å². The molecule has 0 saturated heterocycles. The van der Waals surface area contributed by atoms with Crippen LogP contribution in [-0.4, -0.2) is 9.88 Å². The predicted octanol–water partition coefficient (Wildman–Crippen LogP) is 1.27. The van der Waals surface area contributed by atoms with Crippen molar-refractivity contribution >= 4 is 8.69 Å². The summed E-state index contributed by atoms with van der Waals surface area (Å²) in [6.45, 7) is 0. The molecule has 9 heavy (non-hydrogen) atoms. The minimum Gasteiger partial charge on any atom is -0.310 e. The highest BCUT2D eigenvalue weighted by Gasteiger charge is 1.58. The molecule has 0 spiro atoms. The fourth-order valence-electron chi connectivity index (χ4n) is 0.313. The molecule has 0 aliphatic heterocycles. The first kappa shape index (κ1) is 8.21. The van der Waals surface area contributed by atoms with E-state index in [0.29, 0.717) is 0 Å². The third kappa shape index (κ3) is 7.21. The van der Waals surface area contributed by atoms with Gasteiger partial charge in [-0.15, -0.1) is 0 Å². The molecule has 48 valence electrons. The normalized spacial score (nSPS) is 7.67. The number of hydrogen-bond donors (Lipinski definition) is 1. The standard InChI is InChI=1S/C5H5N.HO2P/c1-2-4-6-5-3-1;1-3-2/h1-5H;(H,1,2). The Morgan fingerprint density at radius 3 is 1.78 bits per heavy atom. The second kappa shape index (κ2) is 7.21. The van der Waals surface area contributed by atoms with Crippen molar-refractivity contribution < 1.29 is 9.46 Å². The summed E-state index contributed by atoms with van der Waals surface area (Å²) >= 11 is 0. The fraction of sp³-hybridized carbons (Fsp3) is 0. The van der Waals surface area contributed by atoms with Gasteiger partial charge >= 0.3 is 8.69 Å². The predicted molar refractivity (Wildman–Crippen MR) is 34.1 cm³/mol. The topological polar surface area (TPSA) is 50.2 Å². The van der Waals surface area contributed by atoms with Crippen LogP contribution in [-0.2, 0) is 4.57 Å². The fourth-order valence-corrected chi connectivity index (χ4v) is 0.313. The highest BCUT2D eigenvalue weighted by molar-refractivity contribution is 7.16. The lowest BCUT2D eigenvalue weighted by molar-refractivity contribution is 0.524. The van der Waals surface area contributed by atoms with Crippen molar-refractivity contribution in [1.29, 1.82) is 0 Å². The number of nitrogens with zero attached hydrogens (tertiary/aromatic N) is 1. The minimum atomic E-state index is -0.833. The van der Waals surface area contributed by atoms with Crippen molar-refractivity contribution in [1.82, 2.24) is 4.98 Å². The van der Waals surface area contributed by atoms with E-state index >= 15 is 0 Å². The average Bonchev–Trinajstić information content (AvgIpc) is 1.93. The Morgan fingerprint density at radius 1 is 1.22 bits per heavy atom. The Balaban J connectivity index is 0.000000187. The maximum absolute atomic E-state index is 8.46. The first-order valence-electron chi connectivity index (χ1n) is 2.23. The maximum atomic E-state index is 8.46. The summed E-state index contributed by atoms with van der Waals surface area (Å²) in [5, 5.41) is 0. The highest BCUT2D eigenvalue weighted by atomic mass is 31.1. The third-order valence-electron chi connectivity index (χ3n) is 0.566. The molecule has 0 saturated carbocycles. The molecule has 0 atom stereocenters. The molecule has 0 aliphatic carbocycles. The molecule has 0 aliphatic rings. The molecular weight excluding hydrogens is 137 g/mol. The summed E-state index contributed by atoms with van der Waals surface area (Å²) in [4.78, 5) is 10.8. The van der Waals surface area contributed by atoms with E-state index in [9.17, 15) is 0 Å². The largest absolute Gasteiger partial charge is 0.324 e. The summed E-state index contributed by atoms with van der Waals surface area (Å²) in [7, 11) is -0.833. The zero-order valence-electron chi connectivity index (χ0n) is 4.64. The number of hydrogen-bond acceptors (Lipinski definition) is 2. The van der Waals surface area contributed by atoms with Crippen LogP contribution in [0.3, 0.4) is 0 Å². The van der Waals surface area contributed by atoms with Crippen LogP contribution in [0.25, 0.3) is 0 Å². The van der Waals surface area contributed by atoms with Gasteiger partial charge in [-0.25, -0.2) is 4.57 Å². The molecule has 0 fully saturated rings. The van der Waals surface area contributed by atoms with E-state index in [4.69, 9.17) is 9.46 Å². The Hall–Kier alpha value is -0.790. The van der Waals surface area contributed by atoms with Crippen molar-refractivity contribution in [2.45, 2.75) is 0 Å². The third-order valence-corrected chi connectivity index (χ3v) is 0.566. The van der Waals surface area contributed by atoms with E-state index in [-0.39, 0.29) is 0 Å². The molecule has 0 radical (unpaired) electrons. The van der Waals surface area contributed by atoms with Gasteiger partial charge in [-0.2, -0.15) is 0 Å². The van der Waals surface area contributed by atoms with Crippen molar-refractivity contribution in [3.8, 4) is 0 Å². The second-order valence-corrected chi connectivity index (χ2v) is 1.27. The zero-order valence-corrected chi connectivity index (χ0v) is 5.53. The molecule has 4 heteroatoms. The van der Waals surface area contributed by atoms with Gasteiger partial charge in [0.25, 0.3) is 0 Å². The van der Waals surface area contributed by atoms with Crippen molar-refractivity contribution in [2.75, 3.05) is 0 Å². The van der Waals surface area contributed by atoms with Gasteiger partial charge in [0.05, 0.1) is 0 Å². The summed E-state index contributed by atoms with van der Waals surface area (Å²) in [6, 6.07) is 5.72. The van der Waals surface area contributed by atoms with Crippen molar-refractivity contribution in [2.24, 2.45) is 0 Å². The van der Waals surface area contributed by atoms with Crippen LogP contribution in [0, 0.1) is 0 Å². The first-order chi connectivity index (χ1) is 4.41. The van der Waals surface area contributed by atoms with E-state index < -0.39 is 8.69 Å². The molecule has 0 amide bonds. The Labute approximate surface area is 54.7 Å². The molecule has 1 aromatic heterocycles. The molecule has 0 bridgehead atoms. The molecule has 0 aromatic carbocycles. The van der Waals surface area contributed by atoms with Crippen LogP contribution in [0.2, 0.25) is 0 Å². The summed E-state index contributed by atoms with van der Waals surface area (Å²) in [6.07, 6.45) is 3.50. The first-order valence-corrected chi connectivity index (χ1v) is 3.00. The number of aromatic nitrogens is 1. The molecule has 3 nitrogen and oxygen atoms in total. The number of pyridine rings is 1. The van der Waals surface area contributed by atoms with E-state index in [2.05, 4.69) is 4.98 Å². The van der Waals surface area contributed by atoms with Gasteiger partial charge in [0.2, 0.25) is 0 Å². The summed E-state index contributed by atoms with van der Waals surface area (Å²) in [5.41, 5.74) is 0. The number of rotatable bonds is 0. The summed E-state index contributed by atoms with van der Waals surface area (Å²) < 4.78 is 8.46.